The van der Waals surface area contributed by atoms with Crippen LogP contribution in [-0.4, -0.2) is 13.2 Å². The highest BCUT2D eigenvalue weighted by atomic mass is 79.9. The number of anilines is 1. The summed E-state index contributed by atoms with van der Waals surface area (Å²) in [5.41, 5.74) is 0.737. The maximum atomic E-state index is 6.06. The summed E-state index contributed by atoms with van der Waals surface area (Å²) in [6, 6.07) is 11.0. The number of rotatable bonds is 5. The molecule has 0 spiro atoms. The molecule has 2 aromatic carbocycles. The molecule has 0 amide bonds. The third kappa shape index (κ3) is 4.45. The van der Waals surface area contributed by atoms with Gasteiger partial charge in [-0.1, -0.05) is 50.7 Å². The van der Waals surface area contributed by atoms with Crippen LogP contribution >= 0.6 is 50.7 Å². The van der Waals surface area contributed by atoms with Crippen molar-refractivity contribution in [1.82, 2.24) is 0 Å². The van der Waals surface area contributed by atoms with Gasteiger partial charge in [-0.25, -0.2) is 0 Å². The van der Waals surface area contributed by atoms with E-state index in [0.29, 0.717) is 28.2 Å². The molecule has 106 valence electrons. The average molecular weight is 396 g/mol. The van der Waals surface area contributed by atoms with Gasteiger partial charge in [0.2, 0.25) is 0 Å². The molecule has 2 aromatic rings. The number of nitrogens with one attached hydrogen (secondary N) is 1. The van der Waals surface area contributed by atoms with Crippen LogP contribution in [0.4, 0.5) is 5.69 Å². The molecule has 2 rings (SSSR count). The third-order valence-corrected chi connectivity index (χ3v) is 4.07. The molecule has 0 heterocycles. The van der Waals surface area contributed by atoms with Crippen molar-refractivity contribution in [1.29, 1.82) is 0 Å². The van der Waals surface area contributed by atoms with Crippen LogP contribution in [0.5, 0.6) is 5.75 Å². The first-order chi connectivity index (χ1) is 9.56. The SMILES string of the molecule is Clc1cc(Cl)c(NCCOc2ccc(Br)cc2)cc1Cl. The first kappa shape index (κ1) is 15.8. The Morgan fingerprint density at radius 1 is 0.950 bits per heavy atom. The average Bonchev–Trinajstić information content (AvgIpc) is 2.42. The Kier molecular flexibility index (Phi) is 5.85. The Morgan fingerprint density at radius 3 is 2.30 bits per heavy atom. The molecule has 0 unspecified atom stereocenters. The fourth-order valence-corrected chi connectivity index (χ4v) is 2.42. The van der Waals surface area contributed by atoms with Crippen LogP contribution in [0.1, 0.15) is 0 Å². The van der Waals surface area contributed by atoms with E-state index in [0.717, 1.165) is 15.9 Å². The summed E-state index contributed by atoms with van der Waals surface area (Å²) in [7, 11) is 0. The van der Waals surface area contributed by atoms with Crippen molar-refractivity contribution in [3.8, 4) is 5.75 Å². The molecule has 6 heteroatoms. The van der Waals surface area contributed by atoms with Crippen molar-refractivity contribution in [2.24, 2.45) is 0 Å². The molecule has 20 heavy (non-hydrogen) atoms. The van der Waals surface area contributed by atoms with E-state index in [1.54, 1.807) is 12.1 Å². The zero-order valence-electron chi connectivity index (χ0n) is 10.3. The molecule has 0 saturated heterocycles. The maximum Gasteiger partial charge on any atom is 0.119 e. The van der Waals surface area contributed by atoms with E-state index < -0.39 is 0 Å². The van der Waals surface area contributed by atoms with Crippen LogP contribution in [-0.2, 0) is 0 Å². The number of ether oxygens (including phenoxy) is 1. The first-order valence-corrected chi connectivity index (χ1v) is 7.76. The van der Waals surface area contributed by atoms with Crippen molar-refractivity contribution in [3.05, 3.63) is 55.9 Å². The molecule has 2 nitrogen and oxygen atoms in total. The van der Waals surface area contributed by atoms with Crippen LogP contribution in [0.15, 0.2) is 40.9 Å². The molecule has 0 bridgehead atoms. The molecule has 0 aliphatic heterocycles. The highest BCUT2D eigenvalue weighted by molar-refractivity contribution is 9.10. The van der Waals surface area contributed by atoms with Crippen LogP contribution < -0.4 is 10.1 Å². The Balaban J connectivity index is 1.84. The topological polar surface area (TPSA) is 21.3 Å². The Bertz CT molecular complexity index is 590. The molecular formula is C14H11BrCl3NO. The lowest BCUT2D eigenvalue weighted by atomic mass is 10.3. The van der Waals surface area contributed by atoms with E-state index in [1.165, 1.54) is 0 Å². The van der Waals surface area contributed by atoms with Gasteiger partial charge in [0, 0.05) is 11.0 Å². The van der Waals surface area contributed by atoms with E-state index >= 15 is 0 Å². The molecule has 0 radical (unpaired) electrons. The molecule has 0 saturated carbocycles. The minimum atomic E-state index is 0.438. The summed E-state index contributed by atoms with van der Waals surface area (Å²) >= 11 is 21.2. The van der Waals surface area contributed by atoms with Gasteiger partial charge in [0.15, 0.2) is 0 Å². The van der Waals surface area contributed by atoms with Crippen LogP contribution in [0.3, 0.4) is 0 Å². The number of benzene rings is 2. The fourth-order valence-electron chi connectivity index (χ4n) is 1.54. The normalized spacial score (nSPS) is 10.4. The minimum Gasteiger partial charge on any atom is -0.492 e. The zero-order valence-corrected chi connectivity index (χ0v) is 14.2. The highest BCUT2D eigenvalue weighted by Gasteiger charge is 2.05. The van der Waals surface area contributed by atoms with Crippen LogP contribution in [0, 0.1) is 0 Å². The fraction of sp³-hybridized carbons (Fsp3) is 0.143. The predicted molar refractivity (Wildman–Crippen MR) is 89.6 cm³/mol. The summed E-state index contributed by atoms with van der Waals surface area (Å²) in [5, 5.41) is 4.59. The standard InChI is InChI=1S/C14H11BrCl3NO/c15-9-1-3-10(4-2-9)20-6-5-19-14-8-12(17)11(16)7-13(14)18/h1-4,7-8,19H,5-6H2. The molecular weight excluding hydrogens is 384 g/mol. The Morgan fingerprint density at radius 2 is 1.60 bits per heavy atom. The van der Waals surface area contributed by atoms with Crippen molar-refractivity contribution in [2.45, 2.75) is 0 Å². The van der Waals surface area contributed by atoms with Gasteiger partial charge in [-0.05, 0) is 36.4 Å². The van der Waals surface area contributed by atoms with E-state index in [1.807, 2.05) is 24.3 Å². The molecule has 0 atom stereocenters. The quantitative estimate of drug-likeness (QED) is 0.503. The van der Waals surface area contributed by atoms with Crippen molar-refractivity contribution >= 4 is 56.4 Å². The van der Waals surface area contributed by atoms with Gasteiger partial charge in [0.25, 0.3) is 0 Å². The number of hydrogen-bond acceptors (Lipinski definition) is 2. The maximum absolute atomic E-state index is 6.06. The molecule has 0 aromatic heterocycles. The largest absolute Gasteiger partial charge is 0.492 e. The monoisotopic (exact) mass is 393 g/mol. The second-order valence-corrected chi connectivity index (χ2v) is 6.11. The first-order valence-electron chi connectivity index (χ1n) is 5.83. The van der Waals surface area contributed by atoms with Gasteiger partial charge in [-0.15, -0.1) is 0 Å². The van der Waals surface area contributed by atoms with E-state index in [-0.39, 0.29) is 0 Å². The van der Waals surface area contributed by atoms with Crippen LogP contribution in [0.2, 0.25) is 15.1 Å². The lowest BCUT2D eigenvalue weighted by Gasteiger charge is -2.11. The Hall–Kier alpha value is -0.610. The summed E-state index contributed by atoms with van der Waals surface area (Å²) in [4.78, 5) is 0. The van der Waals surface area contributed by atoms with Crippen molar-refractivity contribution < 1.29 is 4.74 Å². The second kappa shape index (κ2) is 7.41. The van der Waals surface area contributed by atoms with Crippen molar-refractivity contribution in [3.63, 3.8) is 0 Å². The van der Waals surface area contributed by atoms with E-state index in [2.05, 4.69) is 21.2 Å². The van der Waals surface area contributed by atoms with Gasteiger partial charge >= 0.3 is 0 Å². The molecule has 0 aliphatic rings. The minimum absolute atomic E-state index is 0.438. The van der Waals surface area contributed by atoms with Gasteiger partial charge in [-0.2, -0.15) is 0 Å². The molecule has 1 N–H and O–H groups in total. The molecule has 0 fully saturated rings. The number of hydrogen-bond donors (Lipinski definition) is 1. The van der Waals surface area contributed by atoms with Gasteiger partial charge in [-0.3, -0.25) is 0 Å². The third-order valence-electron chi connectivity index (χ3n) is 2.51. The van der Waals surface area contributed by atoms with E-state index in [9.17, 15) is 0 Å². The van der Waals surface area contributed by atoms with Gasteiger partial charge in [0.1, 0.15) is 12.4 Å². The lowest BCUT2D eigenvalue weighted by Crippen LogP contribution is -2.11. The zero-order chi connectivity index (χ0) is 14.5. The summed E-state index contributed by atoms with van der Waals surface area (Å²) in [5.74, 6) is 0.815. The smallest absolute Gasteiger partial charge is 0.119 e. The highest BCUT2D eigenvalue weighted by Crippen LogP contribution is 2.32. The molecule has 0 aliphatic carbocycles. The van der Waals surface area contributed by atoms with Crippen molar-refractivity contribution in [2.75, 3.05) is 18.5 Å². The van der Waals surface area contributed by atoms with Gasteiger partial charge in [0.05, 0.1) is 20.8 Å². The summed E-state index contributed by atoms with van der Waals surface area (Å²) in [6.07, 6.45) is 0. The Labute approximate surface area is 141 Å². The van der Waals surface area contributed by atoms with Crippen LogP contribution in [0.25, 0.3) is 0 Å². The predicted octanol–water partition coefficient (Wildman–Crippen LogP) is 5.90. The second-order valence-electron chi connectivity index (χ2n) is 3.98. The van der Waals surface area contributed by atoms with E-state index in [4.69, 9.17) is 39.5 Å². The lowest BCUT2D eigenvalue weighted by molar-refractivity contribution is 0.333. The van der Waals surface area contributed by atoms with Gasteiger partial charge < -0.3 is 10.1 Å². The summed E-state index contributed by atoms with van der Waals surface area (Å²) < 4.78 is 6.61. The number of halogens is 4. The summed E-state index contributed by atoms with van der Waals surface area (Å²) in [6.45, 7) is 1.12.